The molecule has 0 bridgehead atoms. The van der Waals surface area contributed by atoms with Gasteiger partial charge in [-0.2, -0.15) is 5.10 Å². The number of hydrogen-bond donors (Lipinski definition) is 3. The normalized spacial score (nSPS) is 19.0. The second-order valence-corrected chi connectivity index (χ2v) is 8.49. The highest BCUT2D eigenvalue weighted by atomic mass is 16.1. The molecular weight excluding hydrogens is 378 g/mol. The Labute approximate surface area is 176 Å². The fourth-order valence-electron chi connectivity index (χ4n) is 4.51. The number of aromatic nitrogens is 2. The number of benzene rings is 1. The van der Waals surface area contributed by atoms with Crippen LogP contribution in [0.3, 0.4) is 0 Å². The quantitative estimate of drug-likeness (QED) is 0.582. The van der Waals surface area contributed by atoms with Gasteiger partial charge < -0.3 is 16.8 Å². The molecule has 5 N–H and O–H groups in total. The number of nitrogens with one attached hydrogen (secondary N) is 1. The molecule has 2 atom stereocenters. The largest absolute Gasteiger partial charge is 0.383 e. The second kappa shape index (κ2) is 8.34. The van der Waals surface area contributed by atoms with Crippen molar-refractivity contribution in [1.82, 2.24) is 15.1 Å². The highest BCUT2D eigenvalue weighted by Gasteiger charge is 2.31. The van der Waals surface area contributed by atoms with Crippen LogP contribution in [0.15, 0.2) is 36.9 Å². The maximum atomic E-state index is 12.2. The number of carbonyl (C=O) groups is 2. The Kier molecular flexibility index (Phi) is 5.61. The van der Waals surface area contributed by atoms with Gasteiger partial charge >= 0.3 is 0 Å². The summed E-state index contributed by atoms with van der Waals surface area (Å²) in [6.45, 7) is 3.94. The fourth-order valence-corrected chi connectivity index (χ4v) is 4.51. The van der Waals surface area contributed by atoms with E-state index in [2.05, 4.69) is 30.1 Å². The van der Waals surface area contributed by atoms with E-state index in [1.54, 1.807) is 4.68 Å². The van der Waals surface area contributed by atoms with Crippen LogP contribution in [-0.4, -0.2) is 27.6 Å². The molecule has 0 saturated heterocycles. The van der Waals surface area contributed by atoms with Crippen LogP contribution >= 0.6 is 0 Å². The van der Waals surface area contributed by atoms with Crippen molar-refractivity contribution >= 4 is 17.6 Å². The lowest BCUT2D eigenvalue weighted by Crippen LogP contribution is -2.38. The molecule has 7 nitrogen and oxygen atoms in total. The van der Waals surface area contributed by atoms with Crippen molar-refractivity contribution in [3.63, 3.8) is 0 Å². The standard InChI is InChI=1S/C23H29N5O2/c1-2-19(29)26-18(11-14-7-8-14)13-28-22(24)20(23(25)30)21(27-28)17-10-9-15-5-3-4-6-16(15)12-17/h2-6,14,17-18H,1,7-13,24H2,(H2,25,30)(H,26,29). The molecule has 2 unspecified atom stereocenters. The van der Waals surface area contributed by atoms with Crippen LogP contribution < -0.4 is 16.8 Å². The van der Waals surface area contributed by atoms with Gasteiger partial charge in [0.15, 0.2) is 0 Å². The van der Waals surface area contributed by atoms with Crippen molar-refractivity contribution in [1.29, 1.82) is 0 Å². The summed E-state index contributed by atoms with van der Waals surface area (Å²) in [5.41, 5.74) is 15.7. The van der Waals surface area contributed by atoms with Crippen LogP contribution in [0.5, 0.6) is 0 Å². The third kappa shape index (κ3) is 4.25. The average Bonchev–Trinajstić information content (AvgIpc) is 3.49. The fraction of sp³-hybridized carbons (Fsp3) is 0.435. The summed E-state index contributed by atoms with van der Waals surface area (Å²) in [5.74, 6) is 0.217. The van der Waals surface area contributed by atoms with Gasteiger partial charge in [-0.25, -0.2) is 4.68 Å². The van der Waals surface area contributed by atoms with E-state index in [9.17, 15) is 9.59 Å². The third-order valence-corrected chi connectivity index (χ3v) is 6.24. The molecule has 1 fully saturated rings. The van der Waals surface area contributed by atoms with Gasteiger partial charge in [-0.15, -0.1) is 0 Å². The molecule has 7 heteroatoms. The minimum Gasteiger partial charge on any atom is -0.383 e. The van der Waals surface area contributed by atoms with E-state index in [0.717, 1.165) is 25.7 Å². The van der Waals surface area contributed by atoms with Crippen LogP contribution in [0.4, 0.5) is 5.82 Å². The number of carbonyl (C=O) groups excluding carboxylic acids is 2. The molecule has 1 heterocycles. The number of hydrogen-bond acceptors (Lipinski definition) is 4. The Morgan fingerprint density at radius 3 is 2.67 bits per heavy atom. The first kappa shape index (κ1) is 20.2. The zero-order chi connectivity index (χ0) is 21.3. The summed E-state index contributed by atoms with van der Waals surface area (Å²) < 4.78 is 1.65. The number of nitrogen functional groups attached to an aromatic ring is 1. The zero-order valence-electron chi connectivity index (χ0n) is 17.1. The van der Waals surface area contributed by atoms with Crippen molar-refractivity contribution in [2.45, 2.75) is 57.0 Å². The minimum absolute atomic E-state index is 0.0931. The maximum absolute atomic E-state index is 12.2. The summed E-state index contributed by atoms with van der Waals surface area (Å²) in [6.07, 6.45) is 7.12. The number of fused-ring (bicyclic) bond motifs is 1. The van der Waals surface area contributed by atoms with Crippen molar-refractivity contribution in [3.05, 3.63) is 59.3 Å². The number of anilines is 1. The molecule has 2 amide bonds. The van der Waals surface area contributed by atoms with Crippen LogP contribution in [0.1, 0.15) is 58.8 Å². The predicted molar refractivity (Wildman–Crippen MR) is 116 cm³/mol. The monoisotopic (exact) mass is 407 g/mol. The molecule has 0 radical (unpaired) electrons. The summed E-state index contributed by atoms with van der Waals surface area (Å²) in [7, 11) is 0. The molecule has 1 saturated carbocycles. The number of nitrogens with two attached hydrogens (primary N) is 2. The van der Waals surface area contributed by atoms with Gasteiger partial charge in [-0.1, -0.05) is 43.7 Å². The number of amides is 2. The molecule has 2 aliphatic rings. The Bertz CT molecular complexity index is 976. The Morgan fingerprint density at radius 1 is 1.27 bits per heavy atom. The van der Waals surface area contributed by atoms with E-state index < -0.39 is 5.91 Å². The summed E-state index contributed by atoms with van der Waals surface area (Å²) in [4.78, 5) is 24.1. The molecule has 30 heavy (non-hydrogen) atoms. The first-order valence-electron chi connectivity index (χ1n) is 10.6. The summed E-state index contributed by atoms with van der Waals surface area (Å²) >= 11 is 0. The highest BCUT2D eigenvalue weighted by Crippen LogP contribution is 2.36. The molecule has 2 aliphatic carbocycles. The summed E-state index contributed by atoms with van der Waals surface area (Å²) in [6, 6.07) is 8.25. The van der Waals surface area contributed by atoms with E-state index in [1.165, 1.54) is 30.0 Å². The first-order valence-corrected chi connectivity index (χ1v) is 10.6. The smallest absolute Gasteiger partial charge is 0.254 e. The summed E-state index contributed by atoms with van der Waals surface area (Å²) in [5, 5.41) is 7.72. The molecule has 4 rings (SSSR count). The van der Waals surface area contributed by atoms with E-state index >= 15 is 0 Å². The lowest BCUT2D eigenvalue weighted by molar-refractivity contribution is -0.117. The van der Waals surface area contributed by atoms with Gasteiger partial charge in [0.1, 0.15) is 11.4 Å². The van der Waals surface area contributed by atoms with E-state index in [4.69, 9.17) is 16.6 Å². The lowest BCUT2D eigenvalue weighted by atomic mass is 9.81. The van der Waals surface area contributed by atoms with Crippen molar-refractivity contribution in [3.8, 4) is 0 Å². The molecule has 0 aliphatic heterocycles. The van der Waals surface area contributed by atoms with Gasteiger partial charge in [0.05, 0.1) is 12.2 Å². The number of nitrogens with zero attached hydrogens (tertiary/aromatic N) is 2. The second-order valence-electron chi connectivity index (χ2n) is 8.49. The van der Waals surface area contributed by atoms with E-state index in [0.29, 0.717) is 23.7 Å². The average molecular weight is 408 g/mol. The van der Waals surface area contributed by atoms with Crippen LogP contribution in [-0.2, 0) is 24.2 Å². The van der Waals surface area contributed by atoms with Gasteiger partial charge in [0, 0.05) is 12.0 Å². The molecule has 1 aromatic carbocycles. The minimum atomic E-state index is -0.554. The number of aryl methyl sites for hydroxylation is 1. The Morgan fingerprint density at radius 2 is 2.00 bits per heavy atom. The molecular formula is C23H29N5O2. The first-order chi connectivity index (χ1) is 14.5. The zero-order valence-corrected chi connectivity index (χ0v) is 17.1. The van der Waals surface area contributed by atoms with Crippen LogP contribution in [0, 0.1) is 5.92 Å². The molecule has 1 aromatic heterocycles. The SMILES string of the molecule is C=CC(=O)NC(CC1CC1)Cn1nc(C2CCc3ccccc3C2)c(C(N)=O)c1N. The maximum Gasteiger partial charge on any atom is 0.254 e. The predicted octanol–water partition coefficient (Wildman–Crippen LogP) is 2.31. The Balaban J connectivity index is 1.61. The van der Waals surface area contributed by atoms with E-state index in [-0.39, 0.29) is 23.7 Å². The Hall–Kier alpha value is -3.09. The number of primary amides is 1. The molecule has 158 valence electrons. The van der Waals surface area contributed by atoms with E-state index in [1.807, 2.05) is 6.07 Å². The van der Waals surface area contributed by atoms with Crippen LogP contribution in [0.2, 0.25) is 0 Å². The van der Waals surface area contributed by atoms with Crippen molar-refractivity contribution < 1.29 is 9.59 Å². The lowest BCUT2D eigenvalue weighted by Gasteiger charge is -2.23. The van der Waals surface area contributed by atoms with Crippen molar-refractivity contribution in [2.75, 3.05) is 5.73 Å². The van der Waals surface area contributed by atoms with Crippen molar-refractivity contribution in [2.24, 2.45) is 11.7 Å². The topological polar surface area (TPSA) is 116 Å². The van der Waals surface area contributed by atoms with Gasteiger partial charge in [-0.3, -0.25) is 9.59 Å². The van der Waals surface area contributed by atoms with Gasteiger partial charge in [-0.05, 0) is 48.8 Å². The van der Waals surface area contributed by atoms with Crippen LogP contribution in [0.25, 0.3) is 0 Å². The third-order valence-electron chi connectivity index (χ3n) is 6.24. The highest BCUT2D eigenvalue weighted by molar-refractivity contribution is 5.98. The molecule has 2 aromatic rings. The van der Waals surface area contributed by atoms with Gasteiger partial charge in [0.2, 0.25) is 5.91 Å². The van der Waals surface area contributed by atoms with Gasteiger partial charge in [0.25, 0.3) is 5.91 Å². The molecule has 0 spiro atoms. The number of rotatable bonds is 8.